The first-order chi connectivity index (χ1) is 14.0. The predicted octanol–water partition coefficient (Wildman–Crippen LogP) is 2.04. The van der Waals surface area contributed by atoms with Gasteiger partial charge < -0.3 is 10.0 Å². The summed E-state index contributed by atoms with van der Waals surface area (Å²) in [5, 5.41) is 10.4. The van der Waals surface area contributed by atoms with E-state index >= 15 is 0 Å². The van der Waals surface area contributed by atoms with Crippen LogP contribution < -0.4 is 5.56 Å². The van der Waals surface area contributed by atoms with Crippen molar-refractivity contribution in [2.45, 2.75) is 24.8 Å². The molecule has 1 aliphatic rings. The molecule has 2 aromatic carbocycles. The molecule has 148 valence electrons. The summed E-state index contributed by atoms with van der Waals surface area (Å²) in [6.45, 7) is 0.549. The molecule has 1 saturated heterocycles. The van der Waals surface area contributed by atoms with Crippen LogP contribution in [0.2, 0.25) is 0 Å². The Labute approximate surface area is 167 Å². The quantitative estimate of drug-likeness (QED) is 0.735. The number of carboxylic acids is 1. The molecule has 0 spiro atoms. The van der Waals surface area contributed by atoms with Crippen LogP contribution in [0.4, 0.5) is 0 Å². The zero-order valence-corrected chi connectivity index (χ0v) is 15.8. The van der Waals surface area contributed by atoms with E-state index in [0.717, 1.165) is 5.56 Å². The van der Waals surface area contributed by atoms with Gasteiger partial charge in [-0.2, -0.15) is 0 Å². The van der Waals surface area contributed by atoms with Gasteiger partial charge in [-0.05, 0) is 30.5 Å². The van der Waals surface area contributed by atoms with Crippen molar-refractivity contribution in [1.82, 2.24) is 14.5 Å². The van der Waals surface area contributed by atoms with Crippen LogP contribution >= 0.6 is 0 Å². The first kappa shape index (κ1) is 18.9. The number of fused-ring (bicyclic) bond motifs is 1. The second kappa shape index (κ2) is 7.50. The molecular formula is C22H21N3O4. The third-order valence-corrected chi connectivity index (χ3v) is 5.74. The van der Waals surface area contributed by atoms with E-state index in [0.29, 0.717) is 36.8 Å². The third kappa shape index (κ3) is 3.40. The Morgan fingerprint density at radius 3 is 2.34 bits per heavy atom. The molecule has 0 radical (unpaired) electrons. The van der Waals surface area contributed by atoms with Crippen LogP contribution in [-0.2, 0) is 21.5 Å². The number of aliphatic carboxylic acids is 1. The maximum atomic E-state index is 12.8. The molecule has 0 aliphatic carbocycles. The second-order valence-corrected chi connectivity index (χ2v) is 7.33. The van der Waals surface area contributed by atoms with Crippen LogP contribution in [-0.4, -0.2) is 44.5 Å². The number of amides is 1. The van der Waals surface area contributed by atoms with Gasteiger partial charge in [0.15, 0.2) is 0 Å². The Bertz CT molecular complexity index is 1120. The molecule has 2 heterocycles. The minimum atomic E-state index is -0.987. The number of carboxylic acid groups (broad SMARTS) is 1. The minimum Gasteiger partial charge on any atom is -0.481 e. The summed E-state index contributed by atoms with van der Waals surface area (Å²) < 4.78 is 1.31. The van der Waals surface area contributed by atoms with Crippen molar-refractivity contribution in [1.29, 1.82) is 0 Å². The standard InChI is InChI=1S/C22H21N3O4/c26-19(14-25-15-23-18-9-5-4-8-17(18)20(25)27)24-12-10-22(11-13-24,21(28)29)16-6-2-1-3-7-16/h1-9,15H,10-14H2,(H,28,29). The number of hydrogen-bond donors (Lipinski definition) is 1. The summed E-state index contributed by atoms with van der Waals surface area (Å²) in [5.41, 5.74) is 0.104. The Hall–Kier alpha value is -3.48. The van der Waals surface area contributed by atoms with Gasteiger partial charge in [0.05, 0.1) is 22.6 Å². The van der Waals surface area contributed by atoms with Gasteiger partial charge in [0.25, 0.3) is 5.56 Å². The first-order valence-corrected chi connectivity index (χ1v) is 9.52. The molecule has 1 amide bonds. The summed E-state index contributed by atoms with van der Waals surface area (Å²) in [4.78, 5) is 43.3. The van der Waals surface area contributed by atoms with Gasteiger partial charge in [-0.25, -0.2) is 4.98 Å². The first-order valence-electron chi connectivity index (χ1n) is 9.52. The van der Waals surface area contributed by atoms with E-state index in [1.807, 2.05) is 30.3 Å². The molecule has 7 nitrogen and oxygen atoms in total. The van der Waals surface area contributed by atoms with Crippen molar-refractivity contribution < 1.29 is 14.7 Å². The largest absolute Gasteiger partial charge is 0.481 e. The number of hydrogen-bond acceptors (Lipinski definition) is 4. The van der Waals surface area contributed by atoms with E-state index in [2.05, 4.69) is 4.98 Å². The number of carbonyl (C=O) groups excluding carboxylic acids is 1. The summed E-state index contributed by atoms with van der Waals surface area (Å²) in [7, 11) is 0. The summed E-state index contributed by atoms with van der Waals surface area (Å²) in [6, 6.07) is 16.2. The number of carbonyl (C=O) groups is 2. The van der Waals surface area contributed by atoms with Gasteiger partial charge in [-0.3, -0.25) is 19.0 Å². The van der Waals surface area contributed by atoms with E-state index in [4.69, 9.17) is 0 Å². The molecule has 0 bridgehead atoms. The molecule has 1 aromatic heterocycles. The van der Waals surface area contributed by atoms with Crippen LogP contribution in [0.5, 0.6) is 0 Å². The van der Waals surface area contributed by atoms with Crippen molar-refractivity contribution in [2.24, 2.45) is 0 Å². The lowest BCUT2D eigenvalue weighted by molar-refractivity contribution is -0.148. The van der Waals surface area contributed by atoms with Gasteiger partial charge in [0, 0.05) is 13.1 Å². The molecule has 1 fully saturated rings. The maximum Gasteiger partial charge on any atom is 0.314 e. The van der Waals surface area contributed by atoms with E-state index in [1.54, 1.807) is 29.2 Å². The van der Waals surface area contributed by atoms with Crippen LogP contribution in [0.3, 0.4) is 0 Å². The lowest BCUT2D eigenvalue weighted by atomic mass is 9.73. The monoisotopic (exact) mass is 391 g/mol. The summed E-state index contributed by atoms with van der Waals surface area (Å²) in [6.07, 6.45) is 2.06. The molecular weight excluding hydrogens is 370 g/mol. The number of piperidine rings is 1. The average Bonchev–Trinajstić information content (AvgIpc) is 2.76. The van der Waals surface area contributed by atoms with Gasteiger partial charge >= 0.3 is 5.97 Å². The maximum absolute atomic E-state index is 12.8. The van der Waals surface area contributed by atoms with Crippen LogP contribution in [0.15, 0.2) is 65.7 Å². The smallest absolute Gasteiger partial charge is 0.314 e. The Kier molecular flexibility index (Phi) is 4.88. The Morgan fingerprint density at radius 2 is 1.66 bits per heavy atom. The molecule has 0 saturated carbocycles. The van der Waals surface area contributed by atoms with E-state index in [9.17, 15) is 19.5 Å². The molecule has 0 atom stereocenters. The van der Waals surface area contributed by atoms with Crippen molar-refractivity contribution in [3.8, 4) is 0 Å². The van der Waals surface area contributed by atoms with Crippen molar-refractivity contribution in [3.63, 3.8) is 0 Å². The molecule has 4 rings (SSSR count). The normalized spacial score (nSPS) is 15.9. The van der Waals surface area contributed by atoms with Gasteiger partial charge in [0.2, 0.25) is 5.91 Å². The molecule has 1 aliphatic heterocycles. The Morgan fingerprint density at radius 1 is 1.00 bits per heavy atom. The second-order valence-electron chi connectivity index (χ2n) is 7.33. The number of likely N-dealkylation sites (tertiary alicyclic amines) is 1. The van der Waals surface area contributed by atoms with Crippen LogP contribution in [0.1, 0.15) is 18.4 Å². The predicted molar refractivity (Wildman–Crippen MR) is 108 cm³/mol. The topological polar surface area (TPSA) is 92.5 Å². The number of nitrogens with zero attached hydrogens (tertiary/aromatic N) is 3. The SMILES string of the molecule is O=C(Cn1cnc2ccccc2c1=O)N1CCC(C(=O)O)(c2ccccc2)CC1. The lowest BCUT2D eigenvalue weighted by Crippen LogP contribution is -2.50. The zero-order chi connectivity index (χ0) is 20.4. The molecule has 0 unspecified atom stereocenters. The summed E-state index contributed by atoms with van der Waals surface area (Å²) in [5.74, 6) is -1.08. The highest BCUT2D eigenvalue weighted by Crippen LogP contribution is 2.36. The lowest BCUT2D eigenvalue weighted by Gasteiger charge is -2.39. The molecule has 3 aromatic rings. The fourth-order valence-corrected chi connectivity index (χ4v) is 3.99. The molecule has 1 N–H and O–H groups in total. The van der Waals surface area contributed by atoms with Gasteiger partial charge in [-0.1, -0.05) is 42.5 Å². The number of para-hydroxylation sites is 1. The molecule has 29 heavy (non-hydrogen) atoms. The highest BCUT2D eigenvalue weighted by Gasteiger charge is 2.43. The number of aromatic nitrogens is 2. The Balaban J connectivity index is 1.50. The number of rotatable bonds is 4. The van der Waals surface area contributed by atoms with Gasteiger partial charge in [-0.15, -0.1) is 0 Å². The van der Waals surface area contributed by atoms with E-state index < -0.39 is 11.4 Å². The number of benzene rings is 2. The van der Waals surface area contributed by atoms with Crippen LogP contribution in [0, 0.1) is 0 Å². The third-order valence-electron chi connectivity index (χ3n) is 5.74. The van der Waals surface area contributed by atoms with E-state index in [1.165, 1.54) is 10.9 Å². The summed E-state index contributed by atoms with van der Waals surface area (Å²) >= 11 is 0. The van der Waals surface area contributed by atoms with E-state index in [-0.39, 0.29) is 18.0 Å². The fraction of sp³-hybridized carbons (Fsp3) is 0.273. The highest BCUT2D eigenvalue weighted by atomic mass is 16.4. The average molecular weight is 391 g/mol. The highest BCUT2D eigenvalue weighted by molar-refractivity contribution is 5.83. The molecule has 7 heteroatoms. The van der Waals surface area contributed by atoms with Gasteiger partial charge in [0.1, 0.15) is 6.54 Å². The minimum absolute atomic E-state index is 0.109. The fourth-order valence-electron chi connectivity index (χ4n) is 3.99. The zero-order valence-electron chi connectivity index (χ0n) is 15.8. The van der Waals surface area contributed by atoms with Crippen molar-refractivity contribution in [3.05, 3.63) is 76.8 Å². The van der Waals surface area contributed by atoms with Crippen LogP contribution in [0.25, 0.3) is 10.9 Å². The van der Waals surface area contributed by atoms with Crippen molar-refractivity contribution >= 4 is 22.8 Å². The van der Waals surface area contributed by atoms with Crippen molar-refractivity contribution in [2.75, 3.05) is 13.1 Å².